The third-order valence-electron chi connectivity index (χ3n) is 3.02. The van der Waals surface area contributed by atoms with Crippen LogP contribution in [0.1, 0.15) is 19.8 Å². The van der Waals surface area contributed by atoms with Gasteiger partial charge in [-0.3, -0.25) is 14.4 Å². The topological polar surface area (TPSA) is 66.8 Å². The highest BCUT2D eigenvalue weighted by Crippen LogP contribution is 2.37. The van der Waals surface area contributed by atoms with Crippen LogP contribution < -0.4 is 0 Å². The fourth-order valence-corrected chi connectivity index (χ4v) is 2.16. The molecule has 0 aromatic rings. The molecule has 86 valence electrons. The molecule has 0 saturated heterocycles. The van der Waals surface area contributed by atoms with Crippen molar-refractivity contribution in [2.45, 2.75) is 19.8 Å². The Labute approximate surface area is 89.0 Å². The molecule has 1 N–H and O–H groups in total. The van der Waals surface area contributed by atoms with E-state index in [0.29, 0.717) is 12.8 Å². The van der Waals surface area contributed by atoms with Gasteiger partial charge in [0, 0.05) is 7.05 Å². The van der Waals surface area contributed by atoms with Crippen molar-refractivity contribution in [3.8, 4) is 0 Å². The van der Waals surface area contributed by atoms with Crippen LogP contribution in [0, 0.1) is 17.8 Å². The van der Waals surface area contributed by atoms with Crippen molar-refractivity contribution >= 4 is 11.9 Å². The molecule has 0 bridgehead atoms. The molecule has 0 aromatic carbocycles. The zero-order valence-corrected chi connectivity index (χ0v) is 9.27. The first-order valence-corrected chi connectivity index (χ1v) is 5.01. The van der Waals surface area contributed by atoms with Crippen molar-refractivity contribution < 1.29 is 19.5 Å². The zero-order valence-electron chi connectivity index (χ0n) is 9.27. The third-order valence-corrected chi connectivity index (χ3v) is 3.02. The van der Waals surface area contributed by atoms with E-state index in [-0.39, 0.29) is 11.8 Å². The summed E-state index contributed by atoms with van der Waals surface area (Å²) in [5.41, 5.74) is 0. The summed E-state index contributed by atoms with van der Waals surface area (Å²) in [4.78, 5) is 27.5. The summed E-state index contributed by atoms with van der Waals surface area (Å²) in [7, 11) is 2.90. The number of rotatable bonds is 3. The molecule has 5 nitrogen and oxygen atoms in total. The summed E-state index contributed by atoms with van der Waals surface area (Å²) in [5, 5.41) is 10.1. The molecule has 0 aromatic heterocycles. The van der Waals surface area contributed by atoms with Crippen LogP contribution in [0.15, 0.2) is 0 Å². The Morgan fingerprint density at radius 3 is 2.33 bits per heavy atom. The summed E-state index contributed by atoms with van der Waals surface area (Å²) >= 11 is 0. The monoisotopic (exact) mass is 215 g/mol. The van der Waals surface area contributed by atoms with Gasteiger partial charge < -0.3 is 5.11 Å². The van der Waals surface area contributed by atoms with Gasteiger partial charge in [0.2, 0.25) is 5.91 Å². The van der Waals surface area contributed by atoms with Crippen LogP contribution in [-0.2, 0) is 14.4 Å². The maximum absolute atomic E-state index is 11.8. The molecule has 1 saturated carbocycles. The average Bonchev–Trinajstić information content (AvgIpc) is 2.58. The molecule has 1 aliphatic rings. The third kappa shape index (κ3) is 2.47. The molecular weight excluding hydrogens is 198 g/mol. The molecule has 1 aliphatic carbocycles. The first-order valence-electron chi connectivity index (χ1n) is 5.01. The number of carbonyl (C=O) groups is 2. The lowest BCUT2D eigenvalue weighted by atomic mass is 9.95. The Bertz CT molecular complexity index is 266. The molecule has 5 heteroatoms. The van der Waals surface area contributed by atoms with Gasteiger partial charge in [-0.1, -0.05) is 6.92 Å². The first kappa shape index (κ1) is 12.0. The van der Waals surface area contributed by atoms with Crippen LogP contribution in [0.4, 0.5) is 0 Å². The van der Waals surface area contributed by atoms with Crippen molar-refractivity contribution in [1.82, 2.24) is 5.06 Å². The van der Waals surface area contributed by atoms with Gasteiger partial charge in [-0.15, -0.1) is 0 Å². The Kier molecular flexibility index (Phi) is 3.68. The minimum absolute atomic E-state index is 0.241. The van der Waals surface area contributed by atoms with E-state index >= 15 is 0 Å². The standard InChI is InChI=1S/C10H17NO4/c1-6-4-7(8(5-6)10(13)14)9(12)11(2)15-3/h6-8H,4-5H2,1-3H3,(H,13,14)/t6?,7-,8+/m0/s1. The second-order valence-electron chi connectivity index (χ2n) is 4.15. The number of hydrogen-bond acceptors (Lipinski definition) is 3. The number of carboxylic acid groups (broad SMARTS) is 1. The quantitative estimate of drug-likeness (QED) is 0.705. The Hall–Kier alpha value is -1.10. The molecule has 3 atom stereocenters. The fourth-order valence-electron chi connectivity index (χ4n) is 2.16. The van der Waals surface area contributed by atoms with E-state index < -0.39 is 17.8 Å². The summed E-state index contributed by atoms with van der Waals surface area (Å²) < 4.78 is 0. The summed E-state index contributed by atoms with van der Waals surface area (Å²) in [5.74, 6) is -1.85. The molecule has 1 unspecified atom stereocenters. The molecule has 0 aliphatic heterocycles. The fraction of sp³-hybridized carbons (Fsp3) is 0.800. The number of hydroxylamine groups is 2. The van der Waals surface area contributed by atoms with Gasteiger partial charge in [0.05, 0.1) is 18.9 Å². The van der Waals surface area contributed by atoms with E-state index in [1.165, 1.54) is 14.2 Å². The van der Waals surface area contributed by atoms with Gasteiger partial charge in [-0.25, -0.2) is 5.06 Å². The van der Waals surface area contributed by atoms with Crippen molar-refractivity contribution in [1.29, 1.82) is 0 Å². The van der Waals surface area contributed by atoms with Gasteiger partial charge in [-0.05, 0) is 18.8 Å². The van der Waals surface area contributed by atoms with Gasteiger partial charge in [0.25, 0.3) is 0 Å². The van der Waals surface area contributed by atoms with Crippen LogP contribution in [0.5, 0.6) is 0 Å². The van der Waals surface area contributed by atoms with Crippen LogP contribution in [-0.4, -0.2) is 36.2 Å². The highest BCUT2D eigenvalue weighted by molar-refractivity contribution is 5.84. The molecule has 1 fully saturated rings. The smallest absolute Gasteiger partial charge is 0.307 e. The van der Waals surface area contributed by atoms with E-state index in [9.17, 15) is 9.59 Å². The van der Waals surface area contributed by atoms with Crippen LogP contribution >= 0.6 is 0 Å². The SMILES string of the molecule is CON(C)C(=O)[C@H]1CC(C)C[C@H]1C(=O)O. The van der Waals surface area contributed by atoms with Crippen molar-refractivity contribution in [2.24, 2.45) is 17.8 Å². The number of hydrogen-bond donors (Lipinski definition) is 1. The minimum atomic E-state index is -0.887. The number of carbonyl (C=O) groups excluding carboxylic acids is 1. The van der Waals surface area contributed by atoms with E-state index in [2.05, 4.69) is 0 Å². The number of amides is 1. The maximum atomic E-state index is 11.8. The van der Waals surface area contributed by atoms with Crippen molar-refractivity contribution in [3.05, 3.63) is 0 Å². The maximum Gasteiger partial charge on any atom is 0.307 e. The van der Waals surface area contributed by atoms with Gasteiger partial charge in [0.15, 0.2) is 0 Å². The number of nitrogens with zero attached hydrogens (tertiary/aromatic N) is 1. The van der Waals surface area contributed by atoms with Crippen LogP contribution in [0.25, 0.3) is 0 Å². The van der Waals surface area contributed by atoms with Crippen molar-refractivity contribution in [2.75, 3.05) is 14.2 Å². The van der Waals surface area contributed by atoms with Crippen LogP contribution in [0.2, 0.25) is 0 Å². The second kappa shape index (κ2) is 4.61. The van der Waals surface area contributed by atoms with E-state index in [4.69, 9.17) is 9.94 Å². The summed E-state index contributed by atoms with van der Waals surface area (Å²) in [6.45, 7) is 1.97. The molecule has 15 heavy (non-hydrogen) atoms. The number of carboxylic acids is 1. The number of aliphatic carboxylic acids is 1. The zero-order chi connectivity index (χ0) is 11.6. The Morgan fingerprint density at radius 2 is 1.87 bits per heavy atom. The lowest BCUT2D eigenvalue weighted by molar-refractivity contribution is -0.176. The molecule has 0 heterocycles. The Morgan fingerprint density at radius 1 is 1.33 bits per heavy atom. The first-order chi connectivity index (χ1) is 6.97. The normalized spacial score (nSPS) is 30.2. The lowest BCUT2D eigenvalue weighted by Crippen LogP contribution is -2.36. The summed E-state index contributed by atoms with van der Waals surface area (Å²) in [6.07, 6.45) is 1.20. The van der Waals surface area contributed by atoms with Crippen molar-refractivity contribution in [3.63, 3.8) is 0 Å². The predicted octanol–water partition coefficient (Wildman–Crippen LogP) is 0.753. The molecular formula is C10H17NO4. The van der Waals surface area contributed by atoms with E-state index in [0.717, 1.165) is 5.06 Å². The second-order valence-corrected chi connectivity index (χ2v) is 4.15. The lowest BCUT2D eigenvalue weighted by Gasteiger charge is -2.20. The molecule has 0 spiro atoms. The predicted molar refractivity (Wildman–Crippen MR) is 52.8 cm³/mol. The van der Waals surface area contributed by atoms with Gasteiger partial charge in [0.1, 0.15) is 0 Å². The molecule has 1 rings (SSSR count). The summed E-state index contributed by atoms with van der Waals surface area (Å²) in [6, 6.07) is 0. The largest absolute Gasteiger partial charge is 0.481 e. The average molecular weight is 215 g/mol. The minimum Gasteiger partial charge on any atom is -0.481 e. The van der Waals surface area contributed by atoms with E-state index in [1.807, 2.05) is 6.92 Å². The van der Waals surface area contributed by atoms with Gasteiger partial charge in [-0.2, -0.15) is 0 Å². The highest BCUT2D eigenvalue weighted by atomic mass is 16.7. The highest BCUT2D eigenvalue weighted by Gasteiger charge is 2.42. The van der Waals surface area contributed by atoms with E-state index in [1.54, 1.807) is 0 Å². The van der Waals surface area contributed by atoms with Crippen LogP contribution in [0.3, 0.4) is 0 Å². The molecule has 1 amide bonds. The van der Waals surface area contributed by atoms with Gasteiger partial charge >= 0.3 is 5.97 Å². The molecule has 0 radical (unpaired) electrons. The Balaban J connectivity index is 2.75.